The molecule has 1 aromatic heterocycles. The molecule has 0 radical (unpaired) electrons. The fourth-order valence-corrected chi connectivity index (χ4v) is 2.88. The molecular weight excluding hydrogens is 322 g/mol. The van der Waals surface area contributed by atoms with Crippen LogP contribution in [-0.4, -0.2) is 43.0 Å². The number of para-hydroxylation sites is 1. The fourth-order valence-electron chi connectivity index (χ4n) is 2.19. The number of benzene rings is 1. The highest BCUT2D eigenvalue weighted by atomic mass is 32.1. The summed E-state index contributed by atoms with van der Waals surface area (Å²) in [6, 6.07) is 8.03. The van der Waals surface area contributed by atoms with Crippen LogP contribution in [0.1, 0.15) is 40.8 Å². The van der Waals surface area contributed by atoms with Crippen molar-refractivity contribution >= 4 is 17.2 Å². The van der Waals surface area contributed by atoms with E-state index in [1.54, 1.807) is 5.38 Å². The first kappa shape index (κ1) is 18.4. The van der Waals surface area contributed by atoms with Gasteiger partial charge in [-0.3, -0.25) is 4.79 Å². The molecule has 130 valence electrons. The minimum Gasteiger partial charge on any atom is -0.486 e. The van der Waals surface area contributed by atoms with E-state index in [2.05, 4.69) is 30.2 Å². The van der Waals surface area contributed by atoms with Gasteiger partial charge in [0.05, 0.1) is 0 Å². The molecule has 0 aliphatic heterocycles. The first-order chi connectivity index (χ1) is 11.5. The molecule has 0 fully saturated rings. The second-order valence-electron chi connectivity index (χ2n) is 6.17. The minimum atomic E-state index is -0.137. The number of nitrogens with one attached hydrogen (secondary N) is 1. The topological polar surface area (TPSA) is 54.5 Å². The molecule has 0 bridgehead atoms. The van der Waals surface area contributed by atoms with E-state index in [9.17, 15) is 4.79 Å². The number of rotatable bonds is 8. The van der Waals surface area contributed by atoms with Crippen LogP contribution in [0.3, 0.4) is 0 Å². The molecule has 1 N–H and O–H groups in total. The lowest BCUT2D eigenvalue weighted by Gasteiger charge is -2.12. The molecule has 0 atom stereocenters. The van der Waals surface area contributed by atoms with Crippen LogP contribution in [-0.2, 0) is 6.61 Å². The number of hydrogen-bond donors (Lipinski definition) is 1. The quantitative estimate of drug-likeness (QED) is 0.797. The Labute approximate surface area is 147 Å². The molecule has 0 saturated carbocycles. The SMILES string of the molecule is CC(C)c1ccccc1OCc1nc(C(=O)NCCN(C)C)cs1. The fraction of sp³-hybridized carbons (Fsp3) is 0.444. The molecular formula is C18H25N3O2S. The zero-order chi connectivity index (χ0) is 17.5. The first-order valence-corrected chi connectivity index (χ1v) is 8.94. The molecule has 1 amide bonds. The smallest absolute Gasteiger partial charge is 0.270 e. The van der Waals surface area contributed by atoms with E-state index >= 15 is 0 Å². The maximum atomic E-state index is 12.0. The van der Waals surface area contributed by atoms with Gasteiger partial charge < -0.3 is 15.0 Å². The van der Waals surface area contributed by atoms with Crippen molar-refractivity contribution in [2.75, 3.05) is 27.2 Å². The standard InChI is InChI=1S/C18H25N3O2S/c1-13(2)14-7-5-6-8-16(14)23-11-17-20-15(12-24-17)18(22)19-9-10-21(3)4/h5-8,12-13H,9-11H2,1-4H3,(H,19,22). The van der Waals surface area contributed by atoms with Crippen molar-refractivity contribution in [2.45, 2.75) is 26.4 Å². The average Bonchev–Trinajstić information content (AvgIpc) is 3.01. The molecule has 0 saturated heterocycles. The molecule has 0 aliphatic rings. The number of carbonyl (C=O) groups is 1. The van der Waals surface area contributed by atoms with Crippen LogP contribution in [0.5, 0.6) is 5.75 Å². The summed E-state index contributed by atoms with van der Waals surface area (Å²) in [6.45, 7) is 6.07. The van der Waals surface area contributed by atoms with Crippen LogP contribution in [0.15, 0.2) is 29.6 Å². The summed E-state index contributed by atoms with van der Waals surface area (Å²) in [5, 5.41) is 5.44. The Bertz CT molecular complexity index is 668. The second-order valence-corrected chi connectivity index (χ2v) is 7.11. The van der Waals surface area contributed by atoms with Crippen LogP contribution in [0.25, 0.3) is 0 Å². The number of hydrogen-bond acceptors (Lipinski definition) is 5. The lowest BCUT2D eigenvalue weighted by atomic mass is 10.0. The predicted octanol–water partition coefficient (Wildman–Crippen LogP) is 3.14. The van der Waals surface area contributed by atoms with E-state index in [0.717, 1.165) is 17.3 Å². The van der Waals surface area contributed by atoms with Gasteiger partial charge in [0.25, 0.3) is 5.91 Å². The second kappa shape index (κ2) is 8.80. The molecule has 0 aliphatic carbocycles. The number of aromatic nitrogens is 1. The van der Waals surface area contributed by atoms with Crippen molar-refractivity contribution in [3.8, 4) is 5.75 Å². The van der Waals surface area contributed by atoms with Gasteiger partial charge in [-0.25, -0.2) is 4.98 Å². The Kier molecular flexibility index (Phi) is 6.75. The number of likely N-dealkylation sites (N-methyl/N-ethyl adjacent to an activating group) is 1. The van der Waals surface area contributed by atoms with Gasteiger partial charge in [-0.1, -0.05) is 32.0 Å². The summed E-state index contributed by atoms with van der Waals surface area (Å²) >= 11 is 1.44. The van der Waals surface area contributed by atoms with Gasteiger partial charge in [-0.2, -0.15) is 0 Å². The lowest BCUT2D eigenvalue weighted by molar-refractivity contribution is 0.0946. The number of amides is 1. The minimum absolute atomic E-state index is 0.137. The Hall–Kier alpha value is -1.92. The predicted molar refractivity (Wildman–Crippen MR) is 97.9 cm³/mol. The third kappa shape index (κ3) is 5.32. The van der Waals surface area contributed by atoms with Gasteiger partial charge in [-0.05, 0) is 31.6 Å². The van der Waals surface area contributed by atoms with Crippen LogP contribution in [0.2, 0.25) is 0 Å². The summed E-state index contributed by atoms with van der Waals surface area (Å²) in [6.07, 6.45) is 0. The first-order valence-electron chi connectivity index (χ1n) is 8.06. The van der Waals surface area contributed by atoms with Crippen molar-refractivity contribution in [1.29, 1.82) is 0 Å². The van der Waals surface area contributed by atoms with E-state index < -0.39 is 0 Å². The average molecular weight is 347 g/mol. The van der Waals surface area contributed by atoms with Gasteiger partial charge in [0, 0.05) is 18.5 Å². The van der Waals surface area contributed by atoms with Crippen LogP contribution < -0.4 is 10.1 Å². The van der Waals surface area contributed by atoms with Gasteiger partial charge in [0.2, 0.25) is 0 Å². The number of carbonyl (C=O) groups excluding carboxylic acids is 1. The molecule has 0 spiro atoms. The molecule has 1 aromatic carbocycles. The monoisotopic (exact) mass is 347 g/mol. The van der Waals surface area contributed by atoms with E-state index in [1.165, 1.54) is 16.9 Å². The lowest BCUT2D eigenvalue weighted by Crippen LogP contribution is -2.31. The summed E-state index contributed by atoms with van der Waals surface area (Å²) in [5.74, 6) is 1.14. The molecule has 24 heavy (non-hydrogen) atoms. The third-order valence-electron chi connectivity index (χ3n) is 3.52. The molecule has 2 aromatic rings. The van der Waals surface area contributed by atoms with Crippen molar-refractivity contribution in [3.63, 3.8) is 0 Å². The molecule has 2 rings (SSSR count). The van der Waals surface area contributed by atoms with Gasteiger partial charge >= 0.3 is 0 Å². The summed E-state index contributed by atoms with van der Waals surface area (Å²) in [5.41, 5.74) is 1.63. The van der Waals surface area contributed by atoms with E-state index in [-0.39, 0.29) is 5.91 Å². The maximum Gasteiger partial charge on any atom is 0.270 e. The van der Waals surface area contributed by atoms with Crippen LogP contribution in [0.4, 0.5) is 0 Å². The van der Waals surface area contributed by atoms with Crippen LogP contribution >= 0.6 is 11.3 Å². The zero-order valence-corrected chi connectivity index (χ0v) is 15.5. The van der Waals surface area contributed by atoms with Crippen molar-refractivity contribution in [2.24, 2.45) is 0 Å². The highest BCUT2D eigenvalue weighted by Gasteiger charge is 2.12. The largest absolute Gasteiger partial charge is 0.486 e. The molecule has 6 heteroatoms. The highest BCUT2D eigenvalue weighted by molar-refractivity contribution is 7.09. The van der Waals surface area contributed by atoms with Gasteiger partial charge in [0.15, 0.2) is 0 Å². The van der Waals surface area contributed by atoms with Gasteiger partial charge in [-0.15, -0.1) is 11.3 Å². The maximum absolute atomic E-state index is 12.0. The van der Waals surface area contributed by atoms with Gasteiger partial charge in [0.1, 0.15) is 23.1 Å². The summed E-state index contributed by atoms with van der Waals surface area (Å²) in [7, 11) is 3.94. The highest BCUT2D eigenvalue weighted by Crippen LogP contribution is 2.26. The Morgan fingerprint density at radius 3 is 2.79 bits per heavy atom. The molecule has 1 heterocycles. The zero-order valence-electron chi connectivity index (χ0n) is 14.7. The summed E-state index contributed by atoms with van der Waals surface area (Å²) < 4.78 is 5.90. The number of nitrogens with zero attached hydrogens (tertiary/aromatic N) is 2. The van der Waals surface area contributed by atoms with Crippen LogP contribution in [0, 0.1) is 0 Å². The Morgan fingerprint density at radius 1 is 1.33 bits per heavy atom. The Balaban J connectivity index is 1.91. The molecule has 5 nitrogen and oxygen atoms in total. The van der Waals surface area contributed by atoms with Crippen molar-refractivity contribution in [3.05, 3.63) is 45.9 Å². The van der Waals surface area contributed by atoms with E-state index in [4.69, 9.17) is 4.74 Å². The summed E-state index contributed by atoms with van der Waals surface area (Å²) in [4.78, 5) is 18.4. The van der Waals surface area contributed by atoms with Crippen molar-refractivity contribution in [1.82, 2.24) is 15.2 Å². The number of thiazole rings is 1. The van der Waals surface area contributed by atoms with Crippen molar-refractivity contribution < 1.29 is 9.53 Å². The normalized spacial score (nSPS) is 11.1. The Morgan fingerprint density at radius 2 is 2.08 bits per heavy atom. The molecule has 0 unspecified atom stereocenters. The number of ether oxygens (including phenoxy) is 1. The van der Waals surface area contributed by atoms with E-state index in [0.29, 0.717) is 24.8 Å². The van der Waals surface area contributed by atoms with E-state index in [1.807, 2.05) is 37.2 Å². The third-order valence-corrected chi connectivity index (χ3v) is 4.34.